The number of carbonyl (C=O) groups is 2. The summed E-state index contributed by atoms with van der Waals surface area (Å²) < 4.78 is 36.3. The van der Waals surface area contributed by atoms with Crippen LogP contribution < -0.4 is 10.6 Å². The molecule has 2 aromatic carbocycles. The van der Waals surface area contributed by atoms with Crippen molar-refractivity contribution >= 4 is 29.1 Å². The van der Waals surface area contributed by atoms with Gasteiger partial charge in [0.25, 0.3) is 0 Å². The van der Waals surface area contributed by atoms with Crippen molar-refractivity contribution in [3.05, 3.63) is 64.7 Å². The Hall–Kier alpha value is -2.54. The molecule has 26 heavy (non-hydrogen) atoms. The van der Waals surface area contributed by atoms with Crippen molar-refractivity contribution in [1.82, 2.24) is 5.32 Å². The standard InChI is InChI=1S/C18H16ClF3N2O2/c19-15-4-2-1-3-13(15)7-10-16(25)24-14-8-5-12(6-9-14)11-23-17(26)18(20,21)22/h1-6,8-9H,7,10-11H2,(H,23,26)(H,24,25). The van der Waals surface area contributed by atoms with E-state index >= 15 is 0 Å². The minimum Gasteiger partial charge on any atom is -0.344 e. The lowest BCUT2D eigenvalue weighted by Gasteiger charge is -2.09. The maximum absolute atomic E-state index is 12.1. The van der Waals surface area contributed by atoms with E-state index in [2.05, 4.69) is 5.32 Å². The van der Waals surface area contributed by atoms with E-state index in [-0.39, 0.29) is 18.9 Å². The largest absolute Gasteiger partial charge is 0.471 e. The number of halogens is 4. The topological polar surface area (TPSA) is 58.2 Å². The molecule has 2 aromatic rings. The average Bonchev–Trinajstić information content (AvgIpc) is 2.59. The minimum atomic E-state index is -4.91. The van der Waals surface area contributed by atoms with Crippen LogP contribution in [0.25, 0.3) is 0 Å². The molecule has 0 aromatic heterocycles. The zero-order valence-corrected chi connectivity index (χ0v) is 14.3. The number of nitrogens with one attached hydrogen (secondary N) is 2. The molecular formula is C18H16ClF3N2O2. The van der Waals surface area contributed by atoms with Crippen molar-refractivity contribution < 1.29 is 22.8 Å². The van der Waals surface area contributed by atoms with E-state index in [1.165, 1.54) is 12.1 Å². The predicted octanol–water partition coefficient (Wildman–Crippen LogP) is 4.09. The van der Waals surface area contributed by atoms with Crippen molar-refractivity contribution in [1.29, 1.82) is 0 Å². The van der Waals surface area contributed by atoms with Crippen molar-refractivity contribution in [3.8, 4) is 0 Å². The van der Waals surface area contributed by atoms with Crippen LogP contribution in [-0.2, 0) is 22.6 Å². The summed E-state index contributed by atoms with van der Waals surface area (Å²) in [5.74, 6) is -2.20. The van der Waals surface area contributed by atoms with Gasteiger partial charge >= 0.3 is 12.1 Å². The van der Waals surface area contributed by atoms with E-state index < -0.39 is 12.1 Å². The third-order valence-electron chi connectivity index (χ3n) is 3.53. The lowest BCUT2D eigenvalue weighted by Crippen LogP contribution is -2.36. The van der Waals surface area contributed by atoms with Crippen LogP contribution in [0.2, 0.25) is 5.02 Å². The first-order valence-corrected chi connectivity index (χ1v) is 8.11. The molecule has 0 saturated carbocycles. The van der Waals surface area contributed by atoms with Crippen molar-refractivity contribution in [3.63, 3.8) is 0 Å². The zero-order valence-electron chi connectivity index (χ0n) is 13.6. The van der Waals surface area contributed by atoms with E-state index in [1.54, 1.807) is 23.5 Å². The Bertz CT molecular complexity index is 777. The van der Waals surface area contributed by atoms with Crippen LogP contribution in [0.5, 0.6) is 0 Å². The molecule has 0 aliphatic carbocycles. The van der Waals surface area contributed by atoms with Gasteiger partial charge in [-0.3, -0.25) is 9.59 Å². The summed E-state index contributed by atoms with van der Waals surface area (Å²) >= 11 is 6.03. The van der Waals surface area contributed by atoms with Crippen molar-refractivity contribution in [2.24, 2.45) is 0 Å². The van der Waals surface area contributed by atoms with Crippen LogP contribution in [0, 0.1) is 0 Å². The third-order valence-corrected chi connectivity index (χ3v) is 3.90. The number of carbonyl (C=O) groups excluding carboxylic acids is 2. The second-order valence-electron chi connectivity index (χ2n) is 5.52. The lowest BCUT2D eigenvalue weighted by atomic mass is 10.1. The molecule has 0 aliphatic heterocycles. The Kier molecular flexibility index (Phi) is 6.63. The summed E-state index contributed by atoms with van der Waals surface area (Å²) in [7, 11) is 0. The molecule has 0 aliphatic rings. The van der Waals surface area contributed by atoms with Crippen LogP contribution in [-0.4, -0.2) is 18.0 Å². The van der Waals surface area contributed by atoms with Gasteiger partial charge in [-0.1, -0.05) is 41.9 Å². The summed E-state index contributed by atoms with van der Waals surface area (Å²) in [6, 6.07) is 13.4. The van der Waals surface area contributed by atoms with E-state index in [4.69, 9.17) is 11.6 Å². The molecule has 2 N–H and O–H groups in total. The molecule has 4 nitrogen and oxygen atoms in total. The van der Waals surface area contributed by atoms with E-state index in [9.17, 15) is 22.8 Å². The van der Waals surface area contributed by atoms with E-state index in [1.807, 2.05) is 18.2 Å². The highest BCUT2D eigenvalue weighted by molar-refractivity contribution is 6.31. The number of aryl methyl sites for hydroxylation is 1. The SMILES string of the molecule is O=C(CCc1ccccc1Cl)Nc1ccc(CNC(=O)C(F)(F)F)cc1. The van der Waals surface area contributed by atoms with Gasteiger partial charge in [0.1, 0.15) is 0 Å². The first kappa shape index (κ1) is 19.8. The molecule has 2 amide bonds. The van der Waals surface area contributed by atoms with Gasteiger partial charge in [-0.05, 0) is 35.7 Å². The molecule has 0 saturated heterocycles. The Morgan fingerprint density at radius 3 is 2.27 bits per heavy atom. The molecular weight excluding hydrogens is 369 g/mol. The number of anilines is 1. The van der Waals surface area contributed by atoms with Crippen LogP contribution in [0.1, 0.15) is 17.5 Å². The number of hydrogen-bond acceptors (Lipinski definition) is 2. The Labute approximate surface area is 153 Å². The second-order valence-corrected chi connectivity index (χ2v) is 5.92. The fourth-order valence-electron chi connectivity index (χ4n) is 2.16. The number of benzene rings is 2. The van der Waals surface area contributed by atoms with E-state index in [0.29, 0.717) is 22.7 Å². The normalized spacial score (nSPS) is 11.1. The highest BCUT2D eigenvalue weighted by atomic mass is 35.5. The number of alkyl halides is 3. The first-order valence-electron chi connectivity index (χ1n) is 7.73. The van der Waals surface area contributed by atoms with Gasteiger partial charge in [0.2, 0.25) is 5.91 Å². The Morgan fingerprint density at radius 2 is 1.65 bits per heavy atom. The summed E-state index contributed by atoms with van der Waals surface area (Å²) in [5.41, 5.74) is 1.87. The van der Waals surface area contributed by atoms with Gasteiger partial charge in [0, 0.05) is 23.7 Å². The molecule has 0 radical (unpaired) electrons. The zero-order chi connectivity index (χ0) is 19.2. The van der Waals surface area contributed by atoms with Gasteiger partial charge in [0.05, 0.1) is 0 Å². The lowest BCUT2D eigenvalue weighted by molar-refractivity contribution is -0.173. The fourth-order valence-corrected chi connectivity index (χ4v) is 2.39. The maximum atomic E-state index is 12.1. The molecule has 138 valence electrons. The van der Waals surface area contributed by atoms with Crippen LogP contribution in [0.4, 0.5) is 18.9 Å². The van der Waals surface area contributed by atoms with Gasteiger partial charge < -0.3 is 10.6 Å². The number of hydrogen-bond donors (Lipinski definition) is 2. The van der Waals surface area contributed by atoms with Crippen LogP contribution >= 0.6 is 11.6 Å². The van der Waals surface area contributed by atoms with Crippen LogP contribution in [0.15, 0.2) is 48.5 Å². The summed E-state index contributed by atoms with van der Waals surface area (Å²) in [6.07, 6.45) is -4.17. The quantitative estimate of drug-likeness (QED) is 0.788. The van der Waals surface area contributed by atoms with Crippen molar-refractivity contribution in [2.45, 2.75) is 25.6 Å². The summed E-state index contributed by atoms with van der Waals surface area (Å²) in [6.45, 7) is -0.251. The monoisotopic (exact) mass is 384 g/mol. The first-order chi connectivity index (χ1) is 12.3. The van der Waals surface area contributed by atoms with E-state index in [0.717, 1.165) is 5.56 Å². The smallest absolute Gasteiger partial charge is 0.344 e. The third kappa shape index (κ3) is 6.07. The maximum Gasteiger partial charge on any atom is 0.471 e. The van der Waals surface area contributed by atoms with Gasteiger partial charge in [-0.15, -0.1) is 0 Å². The fraction of sp³-hybridized carbons (Fsp3) is 0.222. The van der Waals surface area contributed by atoms with Gasteiger partial charge in [-0.25, -0.2) is 0 Å². The average molecular weight is 385 g/mol. The number of rotatable bonds is 6. The van der Waals surface area contributed by atoms with Crippen LogP contribution in [0.3, 0.4) is 0 Å². The summed E-state index contributed by atoms with van der Waals surface area (Å²) in [4.78, 5) is 22.7. The highest BCUT2D eigenvalue weighted by Crippen LogP contribution is 2.18. The molecule has 0 fully saturated rings. The Balaban J connectivity index is 1.82. The minimum absolute atomic E-state index is 0.206. The molecule has 8 heteroatoms. The molecule has 0 spiro atoms. The molecule has 2 rings (SSSR count). The highest BCUT2D eigenvalue weighted by Gasteiger charge is 2.38. The van der Waals surface area contributed by atoms with Crippen molar-refractivity contribution in [2.75, 3.05) is 5.32 Å². The Morgan fingerprint density at radius 1 is 1.00 bits per heavy atom. The second kappa shape index (κ2) is 8.71. The predicted molar refractivity (Wildman–Crippen MR) is 92.7 cm³/mol. The molecule has 0 unspecified atom stereocenters. The summed E-state index contributed by atoms with van der Waals surface area (Å²) in [5, 5.41) is 5.08. The van der Waals surface area contributed by atoms with Gasteiger partial charge in [0.15, 0.2) is 0 Å². The number of amides is 2. The molecule has 0 bridgehead atoms. The molecule has 0 heterocycles. The van der Waals surface area contributed by atoms with Gasteiger partial charge in [-0.2, -0.15) is 13.2 Å². The molecule has 0 atom stereocenters.